The van der Waals surface area contributed by atoms with Crippen molar-refractivity contribution in [2.45, 2.75) is 13.8 Å². The summed E-state index contributed by atoms with van der Waals surface area (Å²) in [5, 5.41) is 0. The Balaban J connectivity index is 0.000000461. The van der Waals surface area contributed by atoms with Crippen LogP contribution < -0.4 is 5.73 Å². The summed E-state index contributed by atoms with van der Waals surface area (Å²) < 4.78 is 1.89. The lowest BCUT2D eigenvalue weighted by atomic mass is 10.6. The number of rotatable bonds is 1. The quantitative estimate of drug-likeness (QED) is 0.662. The lowest BCUT2D eigenvalue weighted by molar-refractivity contribution is 0.897. The summed E-state index contributed by atoms with van der Waals surface area (Å²) in [6.45, 7) is 4.00. The van der Waals surface area contributed by atoms with Gasteiger partial charge in [0.25, 0.3) is 0 Å². The average molecular weight is 153 g/mol. The molecule has 1 rings (SSSR count). The van der Waals surface area contributed by atoms with Crippen molar-refractivity contribution in [3.8, 4) is 0 Å². The second-order valence-electron chi connectivity index (χ2n) is 1.76. The second-order valence-corrected chi connectivity index (χ2v) is 1.76. The molecule has 0 aliphatic heterocycles. The minimum Gasteiger partial charge on any atom is -0.404 e. The summed E-state index contributed by atoms with van der Waals surface area (Å²) in [6.07, 6.45) is 6.83. The second kappa shape index (κ2) is 5.53. The van der Waals surface area contributed by atoms with E-state index in [-0.39, 0.29) is 0 Å². The maximum absolute atomic E-state index is 5.15. The van der Waals surface area contributed by atoms with Crippen molar-refractivity contribution in [1.29, 1.82) is 0 Å². The van der Waals surface area contributed by atoms with Crippen LogP contribution in [0.4, 0.5) is 0 Å². The molecule has 11 heavy (non-hydrogen) atoms. The van der Waals surface area contributed by atoms with Crippen LogP contribution in [-0.4, -0.2) is 9.55 Å². The number of nitrogens with two attached hydrogens (primary N) is 1. The molecule has 0 bridgehead atoms. The molecule has 0 saturated heterocycles. The van der Waals surface area contributed by atoms with Gasteiger partial charge in [-0.1, -0.05) is 13.8 Å². The van der Waals surface area contributed by atoms with Crippen molar-refractivity contribution in [1.82, 2.24) is 9.55 Å². The lowest BCUT2D eigenvalue weighted by Crippen LogP contribution is -1.89. The van der Waals surface area contributed by atoms with Gasteiger partial charge in [0.1, 0.15) is 5.82 Å². The molecule has 0 aromatic carbocycles. The Kier molecular flexibility index (Phi) is 4.90. The predicted octanol–water partition coefficient (Wildman–Crippen LogP) is 1.38. The first-order chi connectivity index (χ1) is 5.34. The van der Waals surface area contributed by atoms with E-state index in [4.69, 9.17) is 5.73 Å². The molecule has 1 aromatic heterocycles. The van der Waals surface area contributed by atoms with E-state index >= 15 is 0 Å². The Morgan fingerprint density at radius 2 is 2.18 bits per heavy atom. The Morgan fingerprint density at radius 1 is 1.55 bits per heavy atom. The number of hydrogen-bond donors (Lipinski definition) is 1. The van der Waals surface area contributed by atoms with E-state index in [0.29, 0.717) is 0 Å². The van der Waals surface area contributed by atoms with Crippen LogP contribution in [0.25, 0.3) is 6.08 Å². The maximum Gasteiger partial charge on any atom is 0.133 e. The molecular weight excluding hydrogens is 138 g/mol. The van der Waals surface area contributed by atoms with Crippen molar-refractivity contribution in [3.63, 3.8) is 0 Å². The van der Waals surface area contributed by atoms with Gasteiger partial charge >= 0.3 is 0 Å². The molecule has 0 spiro atoms. The van der Waals surface area contributed by atoms with Crippen LogP contribution in [0.5, 0.6) is 0 Å². The largest absolute Gasteiger partial charge is 0.404 e. The van der Waals surface area contributed by atoms with E-state index in [1.54, 1.807) is 12.3 Å². The van der Waals surface area contributed by atoms with Crippen molar-refractivity contribution in [3.05, 3.63) is 24.4 Å². The van der Waals surface area contributed by atoms with Gasteiger partial charge in [0.15, 0.2) is 0 Å². The molecule has 1 aromatic rings. The van der Waals surface area contributed by atoms with Crippen molar-refractivity contribution in [2.24, 2.45) is 12.8 Å². The molecule has 62 valence electrons. The monoisotopic (exact) mass is 153 g/mol. The highest BCUT2D eigenvalue weighted by atomic mass is 15.0. The number of aryl methyl sites for hydroxylation is 1. The van der Waals surface area contributed by atoms with Gasteiger partial charge in [0, 0.05) is 19.4 Å². The van der Waals surface area contributed by atoms with Crippen LogP contribution >= 0.6 is 0 Å². The molecule has 0 amide bonds. The van der Waals surface area contributed by atoms with Crippen LogP contribution in [0, 0.1) is 0 Å². The number of nitrogens with zero attached hydrogens (tertiary/aromatic N) is 2. The Morgan fingerprint density at radius 3 is 2.55 bits per heavy atom. The normalized spacial score (nSPS) is 9.36. The topological polar surface area (TPSA) is 43.8 Å². The summed E-state index contributed by atoms with van der Waals surface area (Å²) in [4.78, 5) is 4.00. The highest BCUT2D eigenvalue weighted by Crippen LogP contribution is 1.94. The molecule has 3 heteroatoms. The van der Waals surface area contributed by atoms with Gasteiger partial charge in [0.05, 0.1) is 0 Å². The molecule has 3 nitrogen and oxygen atoms in total. The van der Waals surface area contributed by atoms with Crippen molar-refractivity contribution < 1.29 is 0 Å². The fraction of sp³-hybridized carbons (Fsp3) is 0.375. The molecular formula is C8H15N3. The smallest absolute Gasteiger partial charge is 0.133 e. The molecule has 0 saturated carbocycles. The van der Waals surface area contributed by atoms with Gasteiger partial charge < -0.3 is 10.3 Å². The van der Waals surface area contributed by atoms with Gasteiger partial charge in [-0.05, 0) is 12.3 Å². The summed E-state index contributed by atoms with van der Waals surface area (Å²) in [5.41, 5.74) is 5.15. The highest BCUT2D eigenvalue weighted by Gasteiger charge is 1.88. The molecule has 2 N–H and O–H groups in total. The van der Waals surface area contributed by atoms with E-state index < -0.39 is 0 Å². The van der Waals surface area contributed by atoms with E-state index in [9.17, 15) is 0 Å². The van der Waals surface area contributed by atoms with Gasteiger partial charge in [-0.3, -0.25) is 0 Å². The van der Waals surface area contributed by atoms with Crippen LogP contribution in [-0.2, 0) is 7.05 Å². The molecule has 0 aliphatic rings. The summed E-state index contributed by atoms with van der Waals surface area (Å²) in [6, 6.07) is 0. The van der Waals surface area contributed by atoms with E-state index in [1.807, 2.05) is 31.7 Å². The SMILES string of the molecule is CC.Cn1ccnc1/C=C\N. The third kappa shape index (κ3) is 2.89. The fourth-order valence-electron chi connectivity index (χ4n) is 0.624. The minimum absolute atomic E-state index is 0.873. The first kappa shape index (κ1) is 9.75. The first-order valence-electron chi connectivity index (χ1n) is 3.70. The zero-order chi connectivity index (χ0) is 8.69. The molecule has 0 fully saturated rings. The van der Waals surface area contributed by atoms with E-state index in [2.05, 4.69) is 4.98 Å². The Hall–Kier alpha value is -1.25. The Labute approximate surface area is 67.6 Å². The van der Waals surface area contributed by atoms with Crippen LogP contribution in [0.1, 0.15) is 19.7 Å². The number of aromatic nitrogens is 2. The third-order valence-corrected chi connectivity index (χ3v) is 1.10. The van der Waals surface area contributed by atoms with Gasteiger partial charge in [-0.25, -0.2) is 4.98 Å². The zero-order valence-corrected chi connectivity index (χ0v) is 7.28. The molecule has 0 radical (unpaired) electrons. The molecule has 0 unspecified atom stereocenters. The van der Waals surface area contributed by atoms with Gasteiger partial charge in [0.2, 0.25) is 0 Å². The van der Waals surface area contributed by atoms with E-state index in [1.165, 1.54) is 6.20 Å². The predicted molar refractivity (Wildman–Crippen MR) is 47.8 cm³/mol. The zero-order valence-electron chi connectivity index (χ0n) is 7.28. The molecule has 0 aliphatic carbocycles. The third-order valence-electron chi connectivity index (χ3n) is 1.10. The number of hydrogen-bond acceptors (Lipinski definition) is 2. The van der Waals surface area contributed by atoms with Gasteiger partial charge in [-0.2, -0.15) is 0 Å². The van der Waals surface area contributed by atoms with Crippen molar-refractivity contribution in [2.75, 3.05) is 0 Å². The van der Waals surface area contributed by atoms with Crippen LogP contribution in [0.3, 0.4) is 0 Å². The summed E-state index contributed by atoms with van der Waals surface area (Å²) in [5.74, 6) is 0.873. The minimum atomic E-state index is 0.873. The van der Waals surface area contributed by atoms with Crippen molar-refractivity contribution >= 4 is 6.08 Å². The van der Waals surface area contributed by atoms with E-state index in [0.717, 1.165) is 5.82 Å². The lowest BCUT2D eigenvalue weighted by Gasteiger charge is -1.90. The average Bonchev–Trinajstić information content (AvgIpc) is 2.42. The van der Waals surface area contributed by atoms with Crippen LogP contribution in [0.2, 0.25) is 0 Å². The Bertz CT molecular complexity index is 213. The number of imidazole rings is 1. The van der Waals surface area contributed by atoms with Gasteiger partial charge in [-0.15, -0.1) is 0 Å². The van der Waals surface area contributed by atoms with Crippen LogP contribution in [0.15, 0.2) is 18.6 Å². The fourth-order valence-corrected chi connectivity index (χ4v) is 0.624. The standard InChI is InChI=1S/C6H9N3.C2H6/c1-9-5-4-8-6(9)2-3-7;1-2/h2-5H,7H2,1H3;1-2H3/b3-2-;. The first-order valence-corrected chi connectivity index (χ1v) is 3.70. The molecule has 0 atom stereocenters. The summed E-state index contributed by atoms with van der Waals surface area (Å²) >= 11 is 0. The highest BCUT2D eigenvalue weighted by molar-refractivity contribution is 5.38. The molecule has 1 heterocycles. The summed E-state index contributed by atoms with van der Waals surface area (Å²) in [7, 11) is 1.92. The maximum atomic E-state index is 5.15.